The Morgan fingerprint density at radius 3 is 2.70 bits per heavy atom. The summed E-state index contributed by atoms with van der Waals surface area (Å²) < 4.78 is 16.0. The zero-order valence-corrected chi connectivity index (χ0v) is 17.6. The number of carbonyl (C=O) groups excluding carboxylic acids is 1. The van der Waals surface area contributed by atoms with Crippen LogP contribution in [0, 0.1) is 5.82 Å². The van der Waals surface area contributed by atoms with Crippen LogP contribution in [-0.2, 0) is 11.3 Å². The fraction of sp³-hybridized carbons (Fsp3) is 0.227. The van der Waals surface area contributed by atoms with Crippen LogP contribution < -0.4 is 5.32 Å². The third-order valence-electron chi connectivity index (χ3n) is 4.58. The summed E-state index contributed by atoms with van der Waals surface area (Å²) in [6, 6.07) is 14.1. The molecule has 0 saturated heterocycles. The van der Waals surface area contributed by atoms with Crippen molar-refractivity contribution in [3.63, 3.8) is 0 Å². The number of rotatable bonds is 8. The number of carbonyl (C=O) groups is 1. The molecule has 1 N–H and O–H groups in total. The number of likely N-dealkylation sites (N-methyl/N-ethyl adjacent to an activating group) is 1. The Morgan fingerprint density at radius 2 is 2.00 bits per heavy atom. The van der Waals surface area contributed by atoms with E-state index in [2.05, 4.69) is 15.6 Å². The maximum atomic E-state index is 14.3. The van der Waals surface area contributed by atoms with Gasteiger partial charge in [0.1, 0.15) is 11.5 Å². The molecule has 8 heteroatoms. The fourth-order valence-corrected chi connectivity index (χ4v) is 3.32. The van der Waals surface area contributed by atoms with Crippen LogP contribution in [0.15, 0.2) is 60.8 Å². The van der Waals surface area contributed by atoms with Crippen LogP contribution in [0.2, 0.25) is 5.02 Å². The maximum Gasteiger partial charge on any atom is 0.244 e. The molecule has 30 heavy (non-hydrogen) atoms. The highest BCUT2D eigenvalue weighted by Gasteiger charge is 2.21. The maximum absolute atomic E-state index is 14.3. The molecule has 2 aromatic carbocycles. The van der Waals surface area contributed by atoms with Gasteiger partial charge in [0.2, 0.25) is 5.91 Å². The smallest absolute Gasteiger partial charge is 0.244 e. The Balaban J connectivity index is 1.59. The van der Waals surface area contributed by atoms with Gasteiger partial charge in [0.25, 0.3) is 0 Å². The van der Waals surface area contributed by atoms with Gasteiger partial charge in [0.15, 0.2) is 0 Å². The summed E-state index contributed by atoms with van der Waals surface area (Å²) in [4.78, 5) is 14.1. The van der Waals surface area contributed by atoms with E-state index in [-0.39, 0.29) is 12.5 Å². The normalized spacial score (nSPS) is 12.4. The van der Waals surface area contributed by atoms with Gasteiger partial charge in [0.05, 0.1) is 18.8 Å². The Labute approximate surface area is 180 Å². The minimum atomic E-state index is -0.402. The van der Waals surface area contributed by atoms with Crippen molar-refractivity contribution >= 4 is 23.6 Å². The van der Waals surface area contributed by atoms with Crippen LogP contribution >= 0.6 is 11.6 Å². The minimum Gasteiger partial charge on any atom is -0.351 e. The number of nitrogens with zero attached hydrogens (tertiary/aromatic N) is 4. The largest absolute Gasteiger partial charge is 0.351 e. The van der Waals surface area contributed by atoms with Crippen LogP contribution in [0.5, 0.6) is 0 Å². The number of halogens is 2. The molecule has 156 valence electrons. The first-order chi connectivity index (χ1) is 14.4. The number of benzene rings is 2. The van der Waals surface area contributed by atoms with Gasteiger partial charge >= 0.3 is 0 Å². The van der Waals surface area contributed by atoms with Gasteiger partial charge in [-0.05, 0) is 37.9 Å². The van der Waals surface area contributed by atoms with E-state index in [1.165, 1.54) is 12.1 Å². The fourth-order valence-electron chi connectivity index (χ4n) is 3.03. The van der Waals surface area contributed by atoms with Crippen molar-refractivity contribution in [3.05, 3.63) is 88.5 Å². The van der Waals surface area contributed by atoms with Crippen LogP contribution in [0.1, 0.15) is 22.9 Å². The lowest BCUT2D eigenvalue weighted by Crippen LogP contribution is -2.34. The highest BCUT2D eigenvalue weighted by Crippen LogP contribution is 2.28. The molecule has 0 fully saturated rings. The second-order valence-electron chi connectivity index (χ2n) is 7.02. The van der Waals surface area contributed by atoms with E-state index in [0.29, 0.717) is 22.8 Å². The first-order valence-electron chi connectivity index (χ1n) is 9.44. The molecule has 6 nitrogen and oxygen atoms in total. The molecule has 0 radical (unpaired) electrons. The zero-order valence-electron chi connectivity index (χ0n) is 16.8. The standard InChI is InChI=1S/C22H23ClFN5O/c1-28(2)20(22-18(23)9-6-10-19(22)24)13-25-21(30)12-11-17-15-29(27-26-17)14-16-7-4-3-5-8-16/h3-12,15,20H,13-14H2,1-2H3,(H,25,30)/b12-11+. The average Bonchev–Trinajstić information content (AvgIpc) is 3.16. The molecular weight excluding hydrogens is 405 g/mol. The number of hydrogen-bond acceptors (Lipinski definition) is 4. The van der Waals surface area contributed by atoms with Crippen LogP contribution in [0.25, 0.3) is 6.08 Å². The molecule has 0 bridgehead atoms. The summed E-state index contributed by atoms with van der Waals surface area (Å²) >= 11 is 6.17. The topological polar surface area (TPSA) is 63.1 Å². The second-order valence-corrected chi connectivity index (χ2v) is 7.43. The summed E-state index contributed by atoms with van der Waals surface area (Å²) in [5.74, 6) is -0.715. The van der Waals surface area contributed by atoms with Crippen molar-refractivity contribution in [2.75, 3.05) is 20.6 Å². The molecule has 0 saturated carbocycles. The highest BCUT2D eigenvalue weighted by atomic mass is 35.5. The molecule has 1 aromatic heterocycles. The van der Waals surface area contributed by atoms with Gasteiger partial charge in [0, 0.05) is 23.2 Å². The SMILES string of the molecule is CN(C)C(CNC(=O)/C=C/c1cn(Cc2ccccc2)nn1)c1c(F)cccc1Cl. The van der Waals surface area contributed by atoms with Gasteiger partial charge in [-0.25, -0.2) is 9.07 Å². The number of amides is 1. The second kappa shape index (κ2) is 10.1. The van der Waals surface area contributed by atoms with E-state index in [4.69, 9.17) is 11.6 Å². The molecule has 0 aliphatic rings. The van der Waals surface area contributed by atoms with E-state index in [1.54, 1.807) is 43.2 Å². The molecule has 1 heterocycles. The van der Waals surface area contributed by atoms with Crippen molar-refractivity contribution in [1.82, 2.24) is 25.2 Å². The molecular formula is C22H23ClFN5O. The molecule has 1 amide bonds. The summed E-state index contributed by atoms with van der Waals surface area (Å²) in [5.41, 5.74) is 2.04. The van der Waals surface area contributed by atoms with Crippen LogP contribution in [0.3, 0.4) is 0 Å². The van der Waals surface area contributed by atoms with Crippen molar-refractivity contribution in [3.8, 4) is 0 Å². The van der Waals surface area contributed by atoms with Gasteiger partial charge in [-0.15, -0.1) is 5.10 Å². The van der Waals surface area contributed by atoms with Gasteiger partial charge in [-0.3, -0.25) is 4.79 Å². The Kier molecular flexibility index (Phi) is 7.32. The third-order valence-corrected chi connectivity index (χ3v) is 4.90. The lowest BCUT2D eigenvalue weighted by atomic mass is 10.1. The van der Waals surface area contributed by atoms with E-state index in [0.717, 1.165) is 5.56 Å². The van der Waals surface area contributed by atoms with E-state index in [9.17, 15) is 9.18 Å². The first-order valence-corrected chi connectivity index (χ1v) is 9.82. The van der Waals surface area contributed by atoms with E-state index < -0.39 is 11.9 Å². The first kappa shape index (κ1) is 21.7. The average molecular weight is 428 g/mol. The Bertz CT molecular complexity index is 999. The molecule has 3 aromatic rings. The molecule has 0 spiro atoms. The van der Waals surface area contributed by atoms with E-state index >= 15 is 0 Å². The summed E-state index contributed by atoms with van der Waals surface area (Å²) in [6.07, 6.45) is 4.73. The number of nitrogens with one attached hydrogen (secondary N) is 1. The lowest BCUT2D eigenvalue weighted by molar-refractivity contribution is -0.116. The Morgan fingerprint density at radius 1 is 1.23 bits per heavy atom. The van der Waals surface area contributed by atoms with Crippen molar-refractivity contribution < 1.29 is 9.18 Å². The quantitative estimate of drug-likeness (QED) is 0.558. The van der Waals surface area contributed by atoms with Crippen molar-refractivity contribution in [2.24, 2.45) is 0 Å². The van der Waals surface area contributed by atoms with Gasteiger partial charge in [-0.2, -0.15) is 0 Å². The van der Waals surface area contributed by atoms with Crippen LogP contribution in [0.4, 0.5) is 4.39 Å². The molecule has 1 unspecified atom stereocenters. The van der Waals surface area contributed by atoms with Crippen molar-refractivity contribution in [2.45, 2.75) is 12.6 Å². The van der Waals surface area contributed by atoms with Crippen molar-refractivity contribution in [1.29, 1.82) is 0 Å². The summed E-state index contributed by atoms with van der Waals surface area (Å²) in [6.45, 7) is 0.805. The number of hydrogen-bond donors (Lipinski definition) is 1. The monoisotopic (exact) mass is 427 g/mol. The van der Waals surface area contributed by atoms with E-state index in [1.807, 2.05) is 35.2 Å². The summed E-state index contributed by atoms with van der Waals surface area (Å²) in [5, 5.41) is 11.2. The predicted molar refractivity (Wildman–Crippen MR) is 115 cm³/mol. The lowest BCUT2D eigenvalue weighted by Gasteiger charge is -2.26. The number of aromatic nitrogens is 3. The third kappa shape index (κ3) is 5.75. The van der Waals surface area contributed by atoms with Gasteiger partial charge in [-0.1, -0.05) is 53.2 Å². The zero-order chi connectivity index (χ0) is 21.5. The Hall–Kier alpha value is -3.03. The summed E-state index contributed by atoms with van der Waals surface area (Å²) in [7, 11) is 3.61. The molecule has 1 atom stereocenters. The molecule has 0 aliphatic carbocycles. The predicted octanol–water partition coefficient (Wildman–Crippen LogP) is 3.55. The minimum absolute atomic E-state index is 0.206. The molecule has 3 rings (SSSR count). The van der Waals surface area contributed by atoms with Gasteiger partial charge < -0.3 is 10.2 Å². The highest BCUT2D eigenvalue weighted by molar-refractivity contribution is 6.31. The van der Waals surface area contributed by atoms with Crippen LogP contribution in [-0.4, -0.2) is 46.4 Å². The molecule has 0 aliphatic heterocycles.